The Morgan fingerprint density at radius 1 is 1.31 bits per heavy atom. The van der Waals surface area contributed by atoms with E-state index in [1.54, 1.807) is 14.2 Å². The van der Waals surface area contributed by atoms with Crippen LogP contribution in [0.5, 0.6) is 11.5 Å². The van der Waals surface area contributed by atoms with E-state index in [4.69, 9.17) is 21.7 Å². The molecule has 6 nitrogen and oxygen atoms in total. The van der Waals surface area contributed by atoms with E-state index in [0.717, 1.165) is 43.9 Å². The molecule has 0 bridgehead atoms. The van der Waals surface area contributed by atoms with Crippen LogP contribution in [0.25, 0.3) is 0 Å². The van der Waals surface area contributed by atoms with Crippen molar-refractivity contribution in [1.82, 2.24) is 9.80 Å². The second kappa shape index (κ2) is 9.62. The van der Waals surface area contributed by atoms with Gasteiger partial charge in [0.2, 0.25) is 5.91 Å². The number of hydrogen-bond acceptors (Lipinski definition) is 4. The normalized spacial score (nSPS) is 16.8. The van der Waals surface area contributed by atoms with Gasteiger partial charge in [0.05, 0.1) is 25.8 Å². The van der Waals surface area contributed by atoms with Crippen LogP contribution in [-0.4, -0.2) is 61.2 Å². The van der Waals surface area contributed by atoms with E-state index >= 15 is 0 Å². The van der Waals surface area contributed by atoms with Crippen molar-refractivity contribution in [2.45, 2.75) is 26.7 Å². The van der Waals surface area contributed by atoms with Crippen LogP contribution >= 0.6 is 12.2 Å². The number of carbonyl (C=O) groups is 1. The molecule has 1 aliphatic heterocycles. The molecule has 1 fully saturated rings. The highest BCUT2D eigenvalue weighted by Gasteiger charge is 2.29. The lowest BCUT2D eigenvalue weighted by molar-refractivity contribution is -0.136. The van der Waals surface area contributed by atoms with Crippen molar-refractivity contribution in [2.75, 3.05) is 45.7 Å². The third kappa shape index (κ3) is 4.78. The number of rotatable bonds is 6. The maximum atomic E-state index is 12.7. The highest BCUT2D eigenvalue weighted by molar-refractivity contribution is 7.80. The number of ether oxygens (including phenoxy) is 2. The van der Waals surface area contributed by atoms with E-state index < -0.39 is 0 Å². The van der Waals surface area contributed by atoms with Gasteiger partial charge in [0.15, 0.2) is 5.11 Å². The topological polar surface area (TPSA) is 54.0 Å². The Morgan fingerprint density at radius 3 is 2.65 bits per heavy atom. The maximum Gasteiger partial charge on any atom is 0.227 e. The van der Waals surface area contributed by atoms with Gasteiger partial charge in [-0.1, -0.05) is 0 Å². The van der Waals surface area contributed by atoms with Crippen molar-refractivity contribution in [3.05, 3.63) is 18.2 Å². The molecular formula is C19H29N3O3S. The molecule has 26 heavy (non-hydrogen) atoms. The standard InChI is InChI=1S/C19H29N3O3S/c1-5-21(6-2)18(23)14-8-7-11-22(13-14)19(26)20-16-12-15(24-3)9-10-17(16)25-4/h9-10,12,14H,5-8,11,13H2,1-4H3,(H,20,26). The van der Waals surface area contributed by atoms with Crippen LogP contribution in [0.1, 0.15) is 26.7 Å². The number of amides is 1. The third-order valence-electron chi connectivity index (χ3n) is 4.78. The number of nitrogens with zero attached hydrogens (tertiary/aromatic N) is 2. The molecule has 144 valence electrons. The molecule has 0 spiro atoms. The molecule has 1 heterocycles. The Labute approximate surface area is 161 Å². The Hall–Kier alpha value is -2.02. The summed E-state index contributed by atoms with van der Waals surface area (Å²) < 4.78 is 10.7. The number of carbonyl (C=O) groups excluding carboxylic acids is 1. The number of methoxy groups -OCH3 is 2. The lowest BCUT2D eigenvalue weighted by Crippen LogP contribution is -2.47. The number of benzene rings is 1. The first-order valence-corrected chi connectivity index (χ1v) is 9.51. The fourth-order valence-corrected chi connectivity index (χ4v) is 3.54. The quantitative estimate of drug-likeness (QED) is 0.767. The summed E-state index contributed by atoms with van der Waals surface area (Å²) in [6, 6.07) is 5.53. The van der Waals surface area contributed by atoms with E-state index in [0.29, 0.717) is 17.4 Å². The minimum absolute atomic E-state index is 0.00407. The zero-order valence-corrected chi connectivity index (χ0v) is 16.9. The van der Waals surface area contributed by atoms with Crippen molar-refractivity contribution >= 4 is 28.9 Å². The zero-order valence-electron chi connectivity index (χ0n) is 16.1. The summed E-state index contributed by atoms with van der Waals surface area (Å²) in [6.45, 7) is 7.02. The number of thiocarbonyl (C=S) groups is 1. The summed E-state index contributed by atoms with van der Waals surface area (Å²) in [5.74, 6) is 1.64. The van der Waals surface area contributed by atoms with Crippen molar-refractivity contribution < 1.29 is 14.3 Å². The van der Waals surface area contributed by atoms with Gasteiger partial charge in [-0.15, -0.1) is 0 Å². The summed E-state index contributed by atoms with van der Waals surface area (Å²) in [5, 5.41) is 3.86. The van der Waals surface area contributed by atoms with Gasteiger partial charge in [0.25, 0.3) is 0 Å². The van der Waals surface area contributed by atoms with Gasteiger partial charge >= 0.3 is 0 Å². The van der Waals surface area contributed by atoms with Crippen LogP contribution in [0.4, 0.5) is 5.69 Å². The Balaban J connectivity index is 2.06. The number of anilines is 1. The van der Waals surface area contributed by atoms with Crippen molar-refractivity contribution in [3.63, 3.8) is 0 Å². The van der Waals surface area contributed by atoms with Crippen molar-refractivity contribution in [1.29, 1.82) is 0 Å². The number of hydrogen-bond donors (Lipinski definition) is 1. The van der Waals surface area contributed by atoms with Crippen LogP contribution in [0, 0.1) is 5.92 Å². The first-order chi connectivity index (χ1) is 12.5. The molecule has 7 heteroatoms. The molecule has 0 radical (unpaired) electrons. The average Bonchev–Trinajstić information content (AvgIpc) is 2.68. The lowest BCUT2D eigenvalue weighted by atomic mass is 9.96. The Bertz CT molecular complexity index is 634. The number of likely N-dealkylation sites (tertiary alicyclic amines) is 1. The third-order valence-corrected chi connectivity index (χ3v) is 5.14. The molecule has 1 N–H and O–H groups in total. The Kier molecular flexibility index (Phi) is 7.50. The summed E-state index contributed by atoms with van der Waals surface area (Å²) in [6.07, 6.45) is 1.87. The fraction of sp³-hybridized carbons (Fsp3) is 0.579. The molecule has 1 atom stereocenters. The van der Waals surface area contributed by atoms with Crippen molar-refractivity contribution in [3.8, 4) is 11.5 Å². The van der Waals surface area contributed by atoms with Gasteiger partial charge in [-0.2, -0.15) is 0 Å². The number of piperidine rings is 1. The van der Waals surface area contributed by atoms with Crippen LogP contribution in [0.3, 0.4) is 0 Å². The van der Waals surface area contributed by atoms with E-state index in [1.165, 1.54) is 0 Å². The van der Waals surface area contributed by atoms with Gasteiger partial charge in [-0.05, 0) is 51.0 Å². The average molecular weight is 380 g/mol. The molecule has 0 saturated carbocycles. The predicted octanol–water partition coefficient (Wildman–Crippen LogP) is 2.98. The molecule has 1 aliphatic rings. The van der Waals surface area contributed by atoms with E-state index in [9.17, 15) is 4.79 Å². The predicted molar refractivity (Wildman–Crippen MR) is 108 cm³/mol. The zero-order chi connectivity index (χ0) is 19.1. The first-order valence-electron chi connectivity index (χ1n) is 9.10. The molecule has 1 unspecified atom stereocenters. The summed E-state index contributed by atoms with van der Waals surface area (Å²) in [4.78, 5) is 16.6. The molecule has 0 aromatic heterocycles. The van der Waals surface area contributed by atoms with Crippen LogP contribution in [0.15, 0.2) is 18.2 Å². The molecule has 1 saturated heterocycles. The molecule has 1 amide bonds. The molecular weight excluding hydrogens is 350 g/mol. The van der Waals surface area contributed by atoms with Gasteiger partial charge in [0, 0.05) is 32.2 Å². The smallest absolute Gasteiger partial charge is 0.227 e. The second-order valence-electron chi connectivity index (χ2n) is 6.29. The summed E-state index contributed by atoms with van der Waals surface area (Å²) in [7, 11) is 3.24. The first kappa shape index (κ1) is 20.3. The maximum absolute atomic E-state index is 12.7. The van der Waals surface area contributed by atoms with Crippen LogP contribution in [0.2, 0.25) is 0 Å². The minimum atomic E-state index is -0.00407. The van der Waals surface area contributed by atoms with Gasteiger partial charge in [0.1, 0.15) is 11.5 Å². The molecule has 1 aromatic carbocycles. The van der Waals surface area contributed by atoms with Gasteiger partial charge in [-0.3, -0.25) is 4.79 Å². The minimum Gasteiger partial charge on any atom is -0.497 e. The summed E-state index contributed by atoms with van der Waals surface area (Å²) >= 11 is 5.60. The molecule has 0 aliphatic carbocycles. The molecule has 1 aromatic rings. The van der Waals surface area contributed by atoms with Crippen LogP contribution in [-0.2, 0) is 4.79 Å². The number of nitrogens with one attached hydrogen (secondary N) is 1. The Morgan fingerprint density at radius 2 is 2.04 bits per heavy atom. The monoisotopic (exact) mass is 379 g/mol. The van der Waals surface area contributed by atoms with Gasteiger partial charge in [-0.25, -0.2) is 0 Å². The second-order valence-corrected chi connectivity index (χ2v) is 6.68. The lowest BCUT2D eigenvalue weighted by Gasteiger charge is -2.36. The highest BCUT2D eigenvalue weighted by atomic mass is 32.1. The fourth-order valence-electron chi connectivity index (χ4n) is 3.26. The van der Waals surface area contributed by atoms with E-state index in [-0.39, 0.29) is 11.8 Å². The van der Waals surface area contributed by atoms with Crippen molar-refractivity contribution in [2.24, 2.45) is 5.92 Å². The van der Waals surface area contributed by atoms with Crippen LogP contribution < -0.4 is 14.8 Å². The summed E-state index contributed by atoms with van der Waals surface area (Å²) in [5.41, 5.74) is 0.758. The van der Waals surface area contributed by atoms with E-state index in [2.05, 4.69) is 10.2 Å². The molecule has 2 rings (SSSR count). The largest absolute Gasteiger partial charge is 0.497 e. The van der Waals surface area contributed by atoms with E-state index in [1.807, 2.05) is 36.9 Å². The SMILES string of the molecule is CCN(CC)C(=O)C1CCCN(C(=S)Nc2cc(OC)ccc2OC)C1. The van der Waals surface area contributed by atoms with Gasteiger partial charge < -0.3 is 24.6 Å². The highest BCUT2D eigenvalue weighted by Crippen LogP contribution is 2.29.